The van der Waals surface area contributed by atoms with Crippen molar-refractivity contribution >= 4 is 59.7 Å². The molecule has 2 aromatic rings. The van der Waals surface area contributed by atoms with Crippen molar-refractivity contribution in [3.05, 3.63) is 67.0 Å². The lowest BCUT2D eigenvalue weighted by Gasteiger charge is -2.17. The van der Waals surface area contributed by atoms with E-state index in [1.54, 1.807) is 12.1 Å². The first-order valence-corrected chi connectivity index (χ1v) is 9.37. The first kappa shape index (κ1) is 19.1. The summed E-state index contributed by atoms with van der Waals surface area (Å²) in [7, 11) is 1.30. The second-order valence-corrected chi connectivity index (χ2v) is 7.69. The molecule has 0 spiro atoms. The number of rotatable bonds is 5. The fourth-order valence-electron chi connectivity index (χ4n) is 2.15. The van der Waals surface area contributed by atoms with Gasteiger partial charge < -0.3 is 10.1 Å². The van der Waals surface area contributed by atoms with E-state index in [4.69, 9.17) is 4.74 Å². The second-order valence-electron chi connectivity index (χ2n) is 5.00. The van der Waals surface area contributed by atoms with Crippen LogP contribution in [0.2, 0.25) is 0 Å². The van der Waals surface area contributed by atoms with E-state index in [1.165, 1.54) is 7.11 Å². The van der Waals surface area contributed by atoms with E-state index in [0.29, 0.717) is 12.0 Å². The number of carbonyl (C=O) groups excluding carboxylic acids is 2. The summed E-state index contributed by atoms with van der Waals surface area (Å²) in [5.74, 6) is -0.840. The Hall–Kier alpha value is -1.18. The number of hydrogen-bond acceptors (Lipinski definition) is 3. The third-order valence-electron chi connectivity index (χ3n) is 3.30. The molecule has 0 heterocycles. The zero-order valence-corrected chi connectivity index (χ0v) is 17.4. The summed E-state index contributed by atoms with van der Waals surface area (Å²) in [5.41, 5.74) is 1.35. The van der Waals surface area contributed by atoms with Gasteiger partial charge in [-0.3, -0.25) is 4.79 Å². The Labute approximate surface area is 165 Å². The van der Waals surface area contributed by atoms with Crippen LogP contribution in [0.5, 0.6) is 0 Å². The molecule has 0 saturated heterocycles. The highest BCUT2D eigenvalue weighted by atomic mass is 79.9. The molecule has 4 nitrogen and oxygen atoms in total. The van der Waals surface area contributed by atoms with Crippen molar-refractivity contribution in [1.29, 1.82) is 0 Å². The van der Waals surface area contributed by atoms with Crippen molar-refractivity contribution < 1.29 is 14.3 Å². The van der Waals surface area contributed by atoms with E-state index < -0.39 is 12.0 Å². The zero-order valence-electron chi connectivity index (χ0n) is 12.7. The molecule has 0 bridgehead atoms. The Morgan fingerprint density at radius 3 is 2.29 bits per heavy atom. The van der Waals surface area contributed by atoms with E-state index in [2.05, 4.69) is 53.1 Å². The lowest BCUT2D eigenvalue weighted by Crippen LogP contribution is -2.43. The first-order valence-electron chi connectivity index (χ1n) is 6.99. The Morgan fingerprint density at radius 1 is 1.08 bits per heavy atom. The van der Waals surface area contributed by atoms with Crippen LogP contribution in [0, 0.1) is 0 Å². The lowest BCUT2D eigenvalue weighted by molar-refractivity contribution is -0.142. The van der Waals surface area contributed by atoms with Crippen LogP contribution in [0.25, 0.3) is 0 Å². The minimum atomic E-state index is -0.779. The Kier molecular flexibility index (Phi) is 7.01. The largest absolute Gasteiger partial charge is 0.467 e. The maximum Gasteiger partial charge on any atom is 0.328 e. The van der Waals surface area contributed by atoms with Crippen LogP contribution in [0.4, 0.5) is 0 Å². The van der Waals surface area contributed by atoms with Gasteiger partial charge in [0.25, 0.3) is 5.91 Å². The minimum Gasteiger partial charge on any atom is -0.467 e. The average molecular weight is 520 g/mol. The molecule has 126 valence electrons. The maximum atomic E-state index is 12.5. The van der Waals surface area contributed by atoms with Crippen LogP contribution in [0.15, 0.2) is 55.9 Å². The smallest absolute Gasteiger partial charge is 0.328 e. The van der Waals surface area contributed by atoms with Gasteiger partial charge >= 0.3 is 5.97 Å². The second kappa shape index (κ2) is 8.78. The summed E-state index contributed by atoms with van der Waals surface area (Å²) in [6, 6.07) is 12.0. The average Bonchev–Trinajstić information content (AvgIpc) is 2.54. The summed E-state index contributed by atoms with van der Waals surface area (Å²) in [4.78, 5) is 24.5. The van der Waals surface area contributed by atoms with Gasteiger partial charge in [0, 0.05) is 25.4 Å². The molecule has 1 atom stereocenters. The highest BCUT2D eigenvalue weighted by Crippen LogP contribution is 2.21. The molecule has 1 N–H and O–H groups in total. The van der Waals surface area contributed by atoms with Gasteiger partial charge in [0.05, 0.1) is 7.11 Å². The highest BCUT2D eigenvalue weighted by molar-refractivity contribution is 9.11. The maximum absolute atomic E-state index is 12.5. The minimum absolute atomic E-state index is 0.328. The number of halogens is 3. The van der Waals surface area contributed by atoms with Gasteiger partial charge in [0.2, 0.25) is 0 Å². The van der Waals surface area contributed by atoms with Crippen molar-refractivity contribution in [2.45, 2.75) is 12.5 Å². The number of ether oxygens (including phenoxy) is 1. The van der Waals surface area contributed by atoms with E-state index in [1.807, 2.05) is 30.3 Å². The van der Waals surface area contributed by atoms with Gasteiger partial charge in [-0.05, 0) is 29.8 Å². The molecule has 7 heteroatoms. The Bertz CT molecular complexity index is 744. The molecular weight excluding hydrogens is 506 g/mol. The molecule has 0 fully saturated rings. The number of esters is 1. The monoisotopic (exact) mass is 517 g/mol. The number of benzene rings is 2. The number of nitrogens with one attached hydrogen (secondary N) is 1. The van der Waals surface area contributed by atoms with Gasteiger partial charge in [0.15, 0.2) is 0 Å². The summed E-state index contributed by atoms with van der Waals surface area (Å²) in [6.07, 6.45) is 0.328. The van der Waals surface area contributed by atoms with E-state index in [0.717, 1.165) is 19.0 Å². The van der Waals surface area contributed by atoms with Gasteiger partial charge in [-0.25, -0.2) is 4.79 Å². The normalized spacial score (nSPS) is 11.7. The molecule has 0 aliphatic heterocycles. The number of hydrogen-bond donors (Lipinski definition) is 1. The molecule has 2 aromatic carbocycles. The topological polar surface area (TPSA) is 55.4 Å². The van der Waals surface area contributed by atoms with E-state index in [9.17, 15) is 9.59 Å². The van der Waals surface area contributed by atoms with E-state index >= 15 is 0 Å². The fourth-order valence-corrected chi connectivity index (χ4v) is 3.89. The lowest BCUT2D eigenvalue weighted by atomic mass is 10.1. The summed E-state index contributed by atoms with van der Waals surface area (Å²) in [5, 5.41) is 2.74. The van der Waals surface area contributed by atoms with Gasteiger partial charge in [-0.2, -0.15) is 0 Å². The van der Waals surface area contributed by atoms with Gasteiger partial charge in [0.1, 0.15) is 6.04 Å². The third kappa shape index (κ3) is 5.16. The van der Waals surface area contributed by atoms with Crippen molar-refractivity contribution in [2.75, 3.05) is 7.11 Å². The number of methoxy groups -OCH3 is 1. The molecule has 0 saturated carbocycles. The standard InChI is InChI=1S/C17H14Br3NO3/c1-24-17(23)15(8-10-4-2-3-5-14(10)20)21-16(22)11-6-12(18)9-13(19)7-11/h2-7,9,15H,8H2,1H3,(H,21,22)/t15-/m1/s1. The van der Waals surface area contributed by atoms with Crippen LogP contribution in [-0.2, 0) is 16.0 Å². The number of carbonyl (C=O) groups is 2. The molecule has 0 radical (unpaired) electrons. The van der Waals surface area contributed by atoms with Crippen molar-refractivity contribution in [1.82, 2.24) is 5.32 Å². The Morgan fingerprint density at radius 2 is 1.71 bits per heavy atom. The van der Waals surface area contributed by atoms with Crippen molar-refractivity contribution in [3.63, 3.8) is 0 Å². The SMILES string of the molecule is COC(=O)[C@@H](Cc1ccccc1Br)NC(=O)c1cc(Br)cc(Br)c1. The molecule has 2 rings (SSSR count). The van der Waals surface area contributed by atoms with Crippen LogP contribution in [-0.4, -0.2) is 25.0 Å². The van der Waals surface area contributed by atoms with Crippen LogP contribution in [0.1, 0.15) is 15.9 Å². The molecule has 0 aromatic heterocycles. The molecule has 24 heavy (non-hydrogen) atoms. The first-order chi connectivity index (χ1) is 11.4. The molecule has 1 amide bonds. The third-order valence-corrected chi connectivity index (χ3v) is 4.99. The predicted octanol–water partition coefficient (Wildman–Crippen LogP) is 4.49. The van der Waals surface area contributed by atoms with Gasteiger partial charge in [-0.1, -0.05) is 66.0 Å². The van der Waals surface area contributed by atoms with Crippen molar-refractivity contribution in [3.8, 4) is 0 Å². The van der Waals surface area contributed by atoms with Crippen LogP contribution in [0.3, 0.4) is 0 Å². The van der Waals surface area contributed by atoms with E-state index in [-0.39, 0.29) is 5.91 Å². The molecule has 0 aliphatic carbocycles. The molecule has 0 aliphatic rings. The Balaban J connectivity index is 2.21. The van der Waals surface area contributed by atoms with Crippen molar-refractivity contribution in [2.24, 2.45) is 0 Å². The molecule has 0 unspecified atom stereocenters. The summed E-state index contributed by atoms with van der Waals surface area (Å²) < 4.78 is 7.23. The fraction of sp³-hybridized carbons (Fsp3) is 0.176. The summed E-state index contributed by atoms with van der Waals surface area (Å²) >= 11 is 10.1. The number of amides is 1. The van der Waals surface area contributed by atoms with Gasteiger partial charge in [-0.15, -0.1) is 0 Å². The summed E-state index contributed by atoms with van der Waals surface area (Å²) in [6.45, 7) is 0. The van der Waals surface area contributed by atoms with Crippen LogP contribution < -0.4 is 5.32 Å². The molecular formula is C17H14Br3NO3. The highest BCUT2D eigenvalue weighted by Gasteiger charge is 2.23. The quantitative estimate of drug-likeness (QED) is 0.592. The predicted molar refractivity (Wildman–Crippen MR) is 103 cm³/mol. The van der Waals surface area contributed by atoms with Crippen LogP contribution >= 0.6 is 47.8 Å². The zero-order chi connectivity index (χ0) is 17.7.